The van der Waals surface area contributed by atoms with Gasteiger partial charge in [-0.1, -0.05) is 20.8 Å². The molecule has 1 aromatic rings. The fourth-order valence-electron chi connectivity index (χ4n) is 0.995. The maximum atomic E-state index is 5.48. The summed E-state index contributed by atoms with van der Waals surface area (Å²) in [7, 11) is 0. The molecule has 0 aliphatic heterocycles. The Morgan fingerprint density at radius 2 is 2.08 bits per heavy atom. The Balaban J connectivity index is 2.62. The van der Waals surface area contributed by atoms with Crippen molar-refractivity contribution in [3.05, 3.63) is 5.82 Å². The number of rotatable bonds is 4. The topological polar surface area (TPSA) is 69.6 Å². The zero-order valence-corrected chi connectivity index (χ0v) is 8.44. The standard InChI is InChI=1S/C8H17N5/c1-6(2)7(3)5-13-8(4-9)10-11-12-13/h6-7H,4-5,9H2,1-3H3. The van der Waals surface area contributed by atoms with E-state index in [0.29, 0.717) is 18.4 Å². The lowest BCUT2D eigenvalue weighted by Crippen LogP contribution is -2.17. The fraction of sp³-hybridized carbons (Fsp3) is 0.875. The van der Waals surface area contributed by atoms with Gasteiger partial charge in [-0.25, -0.2) is 4.68 Å². The first-order valence-electron chi connectivity index (χ1n) is 4.60. The quantitative estimate of drug-likeness (QED) is 0.734. The van der Waals surface area contributed by atoms with Crippen molar-refractivity contribution in [2.24, 2.45) is 17.6 Å². The van der Waals surface area contributed by atoms with Gasteiger partial charge >= 0.3 is 0 Å². The predicted molar refractivity (Wildman–Crippen MR) is 49.7 cm³/mol. The average Bonchev–Trinajstić information content (AvgIpc) is 2.51. The molecular weight excluding hydrogens is 166 g/mol. The molecule has 13 heavy (non-hydrogen) atoms. The molecule has 1 aromatic heterocycles. The van der Waals surface area contributed by atoms with Gasteiger partial charge in [0.05, 0.1) is 6.54 Å². The van der Waals surface area contributed by atoms with Crippen LogP contribution < -0.4 is 5.73 Å². The summed E-state index contributed by atoms with van der Waals surface area (Å²) in [5, 5.41) is 11.3. The molecule has 0 fully saturated rings. The smallest absolute Gasteiger partial charge is 0.164 e. The first-order valence-corrected chi connectivity index (χ1v) is 4.60. The predicted octanol–water partition coefficient (Wildman–Crippen LogP) is 0.424. The second-order valence-corrected chi connectivity index (χ2v) is 3.70. The SMILES string of the molecule is CC(C)C(C)Cn1nnnc1CN. The van der Waals surface area contributed by atoms with Crippen LogP contribution in [0.4, 0.5) is 0 Å². The van der Waals surface area contributed by atoms with E-state index < -0.39 is 0 Å². The lowest BCUT2D eigenvalue weighted by Gasteiger charge is -2.15. The van der Waals surface area contributed by atoms with Gasteiger partial charge in [-0.3, -0.25) is 0 Å². The lowest BCUT2D eigenvalue weighted by molar-refractivity contribution is 0.340. The van der Waals surface area contributed by atoms with E-state index in [1.807, 2.05) is 0 Å². The molecule has 1 heterocycles. The van der Waals surface area contributed by atoms with E-state index >= 15 is 0 Å². The van der Waals surface area contributed by atoms with Crippen molar-refractivity contribution in [1.29, 1.82) is 0 Å². The van der Waals surface area contributed by atoms with E-state index in [0.717, 1.165) is 12.4 Å². The average molecular weight is 183 g/mol. The van der Waals surface area contributed by atoms with Gasteiger partial charge in [0.25, 0.3) is 0 Å². The number of aromatic nitrogens is 4. The molecule has 0 aliphatic carbocycles. The molecule has 1 unspecified atom stereocenters. The van der Waals surface area contributed by atoms with Gasteiger partial charge in [0.2, 0.25) is 0 Å². The molecule has 0 bridgehead atoms. The van der Waals surface area contributed by atoms with Crippen molar-refractivity contribution in [2.45, 2.75) is 33.9 Å². The van der Waals surface area contributed by atoms with Crippen LogP contribution in [0.25, 0.3) is 0 Å². The molecule has 5 heteroatoms. The molecule has 0 aliphatic rings. The molecular formula is C8H17N5. The summed E-state index contributed by atoms with van der Waals surface area (Å²) >= 11 is 0. The van der Waals surface area contributed by atoms with E-state index in [4.69, 9.17) is 5.73 Å². The Morgan fingerprint density at radius 3 is 2.62 bits per heavy atom. The van der Waals surface area contributed by atoms with Gasteiger partial charge in [0.15, 0.2) is 5.82 Å². The number of hydrogen-bond acceptors (Lipinski definition) is 4. The highest BCUT2D eigenvalue weighted by atomic mass is 15.5. The summed E-state index contributed by atoms with van der Waals surface area (Å²) in [6.45, 7) is 7.82. The Bertz CT molecular complexity index is 255. The highest BCUT2D eigenvalue weighted by Crippen LogP contribution is 2.11. The van der Waals surface area contributed by atoms with Crippen molar-refractivity contribution in [2.75, 3.05) is 0 Å². The van der Waals surface area contributed by atoms with Gasteiger partial charge in [0, 0.05) is 6.54 Å². The minimum atomic E-state index is 0.401. The number of nitrogens with zero attached hydrogens (tertiary/aromatic N) is 4. The van der Waals surface area contributed by atoms with Crippen LogP contribution in [0.5, 0.6) is 0 Å². The molecule has 0 saturated heterocycles. The van der Waals surface area contributed by atoms with E-state index in [1.54, 1.807) is 4.68 Å². The molecule has 74 valence electrons. The van der Waals surface area contributed by atoms with E-state index in [2.05, 4.69) is 36.3 Å². The van der Waals surface area contributed by atoms with Gasteiger partial charge in [-0.15, -0.1) is 5.10 Å². The molecule has 0 spiro atoms. The maximum Gasteiger partial charge on any atom is 0.164 e. The monoisotopic (exact) mass is 183 g/mol. The summed E-state index contributed by atoms with van der Waals surface area (Å²) < 4.78 is 1.78. The molecule has 2 N–H and O–H groups in total. The van der Waals surface area contributed by atoms with Crippen LogP contribution in [0.1, 0.15) is 26.6 Å². The lowest BCUT2D eigenvalue weighted by atomic mass is 9.98. The molecule has 0 aromatic carbocycles. The van der Waals surface area contributed by atoms with E-state index in [-0.39, 0.29) is 0 Å². The largest absolute Gasteiger partial charge is 0.324 e. The van der Waals surface area contributed by atoms with Crippen LogP contribution in [0.2, 0.25) is 0 Å². The van der Waals surface area contributed by atoms with Crippen LogP contribution in [-0.4, -0.2) is 20.2 Å². The van der Waals surface area contributed by atoms with Crippen molar-refractivity contribution in [1.82, 2.24) is 20.2 Å². The fourth-order valence-corrected chi connectivity index (χ4v) is 0.995. The van der Waals surface area contributed by atoms with Gasteiger partial charge < -0.3 is 5.73 Å². The zero-order valence-electron chi connectivity index (χ0n) is 8.44. The second-order valence-electron chi connectivity index (χ2n) is 3.70. The van der Waals surface area contributed by atoms with Crippen LogP contribution in [0, 0.1) is 11.8 Å². The minimum absolute atomic E-state index is 0.401. The third-order valence-electron chi connectivity index (χ3n) is 2.39. The van der Waals surface area contributed by atoms with E-state index in [1.165, 1.54) is 0 Å². The summed E-state index contributed by atoms with van der Waals surface area (Å²) in [5.74, 6) is 1.95. The van der Waals surface area contributed by atoms with Gasteiger partial charge in [-0.2, -0.15) is 0 Å². The highest BCUT2D eigenvalue weighted by Gasteiger charge is 2.11. The Labute approximate surface area is 78.3 Å². The number of nitrogens with two attached hydrogens (primary N) is 1. The Hall–Kier alpha value is -0.970. The molecule has 5 nitrogen and oxygen atoms in total. The first kappa shape index (κ1) is 10.1. The molecule has 1 rings (SSSR count). The van der Waals surface area contributed by atoms with Crippen molar-refractivity contribution in [3.8, 4) is 0 Å². The maximum absolute atomic E-state index is 5.48. The van der Waals surface area contributed by atoms with Gasteiger partial charge in [0.1, 0.15) is 0 Å². The molecule has 0 radical (unpaired) electrons. The summed E-state index contributed by atoms with van der Waals surface area (Å²) in [6, 6.07) is 0. The van der Waals surface area contributed by atoms with E-state index in [9.17, 15) is 0 Å². The Kier molecular flexibility index (Phi) is 3.36. The number of tetrazole rings is 1. The second kappa shape index (κ2) is 4.32. The zero-order chi connectivity index (χ0) is 9.84. The third-order valence-corrected chi connectivity index (χ3v) is 2.39. The summed E-state index contributed by atoms with van der Waals surface area (Å²) in [5.41, 5.74) is 5.48. The summed E-state index contributed by atoms with van der Waals surface area (Å²) in [4.78, 5) is 0. The van der Waals surface area contributed by atoms with Crippen LogP contribution in [0.3, 0.4) is 0 Å². The number of hydrogen-bond donors (Lipinski definition) is 1. The van der Waals surface area contributed by atoms with Crippen LogP contribution >= 0.6 is 0 Å². The van der Waals surface area contributed by atoms with Crippen LogP contribution in [0.15, 0.2) is 0 Å². The molecule has 0 saturated carbocycles. The van der Waals surface area contributed by atoms with Crippen molar-refractivity contribution in [3.63, 3.8) is 0 Å². The molecule has 0 amide bonds. The van der Waals surface area contributed by atoms with Crippen LogP contribution in [-0.2, 0) is 13.1 Å². The normalized spacial score (nSPS) is 13.6. The van der Waals surface area contributed by atoms with Crippen molar-refractivity contribution >= 4 is 0 Å². The Morgan fingerprint density at radius 1 is 1.38 bits per heavy atom. The highest BCUT2D eigenvalue weighted by molar-refractivity contribution is 4.78. The summed E-state index contributed by atoms with van der Waals surface area (Å²) in [6.07, 6.45) is 0. The van der Waals surface area contributed by atoms with Gasteiger partial charge in [-0.05, 0) is 22.3 Å². The third kappa shape index (κ3) is 2.48. The van der Waals surface area contributed by atoms with Crippen molar-refractivity contribution < 1.29 is 0 Å². The minimum Gasteiger partial charge on any atom is -0.324 e. The molecule has 1 atom stereocenters. The first-order chi connectivity index (χ1) is 6.15.